The second-order valence-electron chi connectivity index (χ2n) is 6.84. The first-order chi connectivity index (χ1) is 9.63. The molecule has 0 spiro atoms. The monoisotopic (exact) mass is 303 g/mol. The van der Waals surface area contributed by atoms with E-state index >= 15 is 0 Å². The molecule has 0 aromatic heterocycles. The van der Waals surface area contributed by atoms with E-state index in [1.54, 1.807) is 6.08 Å². The van der Waals surface area contributed by atoms with Crippen molar-refractivity contribution in [1.82, 2.24) is 4.90 Å². The predicted octanol–water partition coefficient (Wildman–Crippen LogP) is 3.53. The van der Waals surface area contributed by atoms with Gasteiger partial charge in [0.25, 0.3) is 0 Å². The zero-order chi connectivity index (χ0) is 15.8. The van der Waals surface area contributed by atoms with Crippen LogP contribution in [0.4, 0.5) is 13.2 Å². The average Bonchev–Trinajstić information content (AvgIpc) is 2.37. The van der Waals surface area contributed by atoms with Crippen molar-refractivity contribution in [2.75, 3.05) is 14.1 Å². The van der Waals surface area contributed by atoms with Crippen molar-refractivity contribution in [2.24, 2.45) is 11.3 Å². The molecular formula is C16H24F3NO. The predicted molar refractivity (Wildman–Crippen MR) is 76.8 cm³/mol. The van der Waals surface area contributed by atoms with E-state index in [9.17, 15) is 18.3 Å². The van der Waals surface area contributed by atoms with Crippen molar-refractivity contribution >= 4 is 0 Å². The van der Waals surface area contributed by atoms with Gasteiger partial charge < -0.3 is 10.0 Å². The first-order valence-corrected chi connectivity index (χ1v) is 7.43. The quantitative estimate of drug-likeness (QED) is 0.843. The molecule has 0 amide bonds. The van der Waals surface area contributed by atoms with Crippen LogP contribution in [0, 0.1) is 11.3 Å². The third-order valence-corrected chi connectivity index (χ3v) is 5.09. The van der Waals surface area contributed by atoms with Crippen LogP contribution in [-0.4, -0.2) is 42.4 Å². The lowest BCUT2D eigenvalue weighted by atomic mass is 9.64. The molecule has 1 N–H and O–H groups in total. The van der Waals surface area contributed by atoms with Gasteiger partial charge in [-0.25, -0.2) is 0 Å². The van der Waals surface area contributed by atoms with Crippen molar-refractivity contribution in [1.29, 1.82) is 0 Å². The van der Waals surface area contributed by atoms with E-state index in [4.69, 9.17) is 0 Å². The first-order valence-electron chi connectivity index (χ1n) is 7.43. The highest BCUT2D eigenvalue weighted by atomic mass is 19.4. The van der Waals surface area contributed by atoms with E-state index in [1.807, 2.05) is 32.0 Å². The number of alkyl halides is 3. The molecule has 1 unspecified atom stereocenters. The SMILES string of the molecule is CN(C)[C@H]1C[C@@H](C2(C)C=CC=C(C(F)(F)F)C2)CC[C@@H]1O. The summed E-state index contributed by atoms with van der Waals surface area (Å²) >= 11 is 0. The summed E-state index contributed by atoms with van der Waals surface area (Å²) in [6.45, 7) is 1.91. The molecule has 0 heterocycles. The third kappa shape index (κ3) is 3.51. The summed E-state index contributed by atoms with van der Waals surface area (Å²) in [6, 6.07) is 0.0224. The molecule has 0 aromatic carbocycles. The second-order valence-corrected chi connectivity index (χ2v) is 6.84. The van der Waals surface area contributed by atoms with E-state index in [0.717, 1.165) is 12.8 Å². The number of halogens is 3. The molecule has 0 aliphatic heterocycles. The van der Waals surface area contributed by atoms with Crippen LogP contribution >= 0.6 is 0 Å². The highest BCUT2D eigenvalue weighted by molar-refractivity contribution is 5.27. The zero-order valence-electron chi connectivity index (χ0n) is 12.8. The summed E-state index contributed by atoms with van der Waals surface area (Å²) in [5.41, 5.74) is -0.923. The van der Waals surface area contributed by atoms with Gasteiger partial charge in [-0.1, -0.05) is 25.2 Å². The van der Waals surface area contributed by atoms with Crippen LogP contribution in [0.25, 0.3) is 0 Å². The standard InChI is InChI=1S/C16H24F3NO/c1-15(8-4-5-12(10-15)16(17,18)19)11-6-7-14(21)13(9-11)20(2)3/h4-5,8,11,13-14,21H,6-7,9-10H2,1-3H3/t11-,13-,14-,15?/m0/s1. The maximum atomic E-state index is 13.0. The number of allylic oxidation sites excluding steroid dienone is 4. The lowest BCUT2D eigenvalue weighted by molar-refractivity contribution is -0.0988. The highest BCUT2D eigenvalue weighted by Crippen LogP contribution is 2.48. The fourth-order valence-corrected chi connectivity index (χ4v) is 3.67. The van der Waals surface area contributed by atoms with Crippen LogP contribution in [0.3, 0.4) is 0 Å². The molecule has 1 saturated carbocycles. The smallest absolute Gasteiger partial charge is 0.391 e. The molecule has 2 aliphatic carbocycles. The molecule has 0 bridgehead atoms. The van der Waals surface area contributed by atoms with Gasteiger partial charge in [0.2, 0.25) is 0 Å². The van der Waals surface area contributed by atoms with Crippen molar-refractivity contribution in [3.8, 4) is 0 Å². The Morgan fingerprint density at radius 1 is 1.29 bits per heavy atom. The fraction of sp³-hybridized carbons (Fsp3) is 0.750. The van der Waals surface area contributed by atoms with Crippen molar-refractivity contribution in [3.05, 3.63) is 23.8 Å². The van der Waals surface area contributed by atoms with Gasteiger partial charge in [-0.05, 0) is 51.1 Å². The van der Waals surface area contributed by atoms with E-state index < -0.39 is 17.2 Å². The second kappa shape index (κ2) is 5.76. The van der Waals surface area contributed by atoms with Gasteiger partial charge in [-0.15, -0.1) is 0 Å². The Bertz CT molecular complexity index is 441. The molecule has 5 heteroatoms. The molecule has 2 aliphatic rings. The van der Waals surface area contributed by atoms with Crippen molar-refractivity contribution < 1.29 is 18.3 Å². The Hall–Kier alpha value is -0.810. The van der Waals surface area contributed by atoms with Gasteiger partial charge in [0, 0.05) is 11.6 Å². The van der Waals surface area contributed by atoms with E-state index in [2.05, 4.69) is 0 Å². The van der Waals surface area contributed by atoms with Crippen LogP contribution < -0.4 is 0 Å². The zero-order valence-corrected chi connectivity index (χ0v) is 12.8. The average molecular weight is 303 g/mol. The molecule has 2 rings (SSSR count). The molecule has 0 aromatic rings. The summed E-state index contributed by atoms with van der Waals surface area (Å²) in [7, 11) is 3.83. The third-order valence-electron chi connectivity index (χ3n) is 5.09. The molecule has 120 valence electrons. The Kier molecular flexibility index (Phi) is 4.54. The lowest BCUT2D eigenvalue weighted by Crippen LogP contribution is -2.47. The topological polar surface area (TPSA) is 23.5 Å². The lowest BCUT2D eigenvalue weighted by Gasteiger charge is -2.45. The van der Waals surface area contributed by atoms with E-state index in [1.165, 1.54) is 6.08 Å². The van der Waals surface area contributed by atoms with Gasteiger partial charge in [-0.3, -0.25) is 0 Å². The Morgan fingerprint density at radius 2 is 1.95 bits per heavy atom. The van der Waals surface area contributed by atoms with Gasteiger partial charge >= 0.3 is 6.18 Å². The number of aliphatic hydroxyl groups excluding tert-OH is 1. The maximum Gasteiger partial charge on any atom is 0.412 e. The van der Waals surface area contributed by atoms with Crippen LogP contribution in [0.2, 0.25) is 0 Å². The van der Waals surface area contributed by atoms with Crippen LogP contribution in [-0.2, 0) is 0 Å². The summed E-state index contributed by atoms with van der Waals surface area (Å²) in [5.74, 6) is 0.163. The summed E-state index contributed by atoms with van der Waals surface area (Å²) < 4.78 is 38.9. The summed E-state index contributed by atoms with van der Waals surface area (Å²) in [4.78, 5) is 1.98. The van der Waals surface area contributed by atoms with Crippen molar-refractivity contribution in [2.45, 2.75) is 50.9 Å². The number of hydrogen-bond donors (Lipinski definition) is 1. The normalized spacial score (nSPS) is 37.7. The Balaban J connectivity index is 2.15. The van der Waals surface area contributed by atoms with Gasteiger partial charge in [-0.2, -0.15) is 13.2 Å². The highest BCUT2D eigenvalue weighted by Gasteiger charge is 2.44. The van der Waals surface area contributed by atoms with Crippen LogP contribution in [0.15, 0.2) is 23.8 Å². The summed E-state index contributed by atoms with van der Waals surface area (Å²) in [5, 5.41) is 10.1. The number of nitrogens with zero attached hydrogens (tertiary/aromatic N) is 1. The van der Waals surface area contributed by atoms with Crippen LogP contribution in [0.5, 0.6) is 0 Å². The molecule has 0 radical (unpaired) electrons. The van der Waals surface area contributed by atoms with E-state index in [-0.39, 0.29) is 24.5 Å². The molecular weight excluding hydrogens is 279 g/mol. The Labute approximate surface area is 124 Å². The number of rotatable bonds is 2. The molecule has 2 nitrogen and oxygen atoms in total. The van der Waals surface area contributed by atoms with Gasteiger partial charge in [0.05, 0.1) is 6.10 Å². The minimum atomic E-state index is -4.25. The van der Waals surface area contributed by atoms with Crippen LogP contribution in [0.1, 0.15) is 32.6 Å². The van der Waals surface area contributed by atoms with Gasteiger partial charge in [0.15, 0.2) is 0 Å². The fourth-order valence-electron chi connectivity index (χ4n) is 3.67. The van der Waals surface area contributed by atoms with Gasteiger partial charge in [0.1, 0.15) is 0 Å². The molecule has 21 heavy (non-hydrogen) atoms. The molecule has 1 fully saturated rings. The number of aliphatic hydroxyl groups is 1. The molecule has 4 atom stereocenters. The number of likely N-dealkylation sites (N-methyl/N-ethyl adjacent to an activating group) is 1. The minimum absolute atomic E-state index is 0.0224. The number of hydrogen-bond acceptors (Lipinski definition) is 2. The minimum Gasteiger partial charge on any atom is -0.391 e. The summed E-state index contributed by atoms with van der Waals surface area (Å²) in [6.07, 6.45) is 2.21. The maximum absolute atomic E-state index is 13.0. The Morgan fingerprint density at radius 3 is 2.52 bits per heavy atom. The largest absolute Gasteiger partial charge is 0.412 e. The molecule has 0 saturated heterocycles. The van der Waals surface area contributed by atoms with E-state index in [0.29, 0.717) is 6.42 Å². The van der Waals surface area contributed by atoms with Crippen molar-refractivity contribution in [3.63, 3.8) is 0 Å². The first kappa shape index (κ1) is 16.6.